The average Bonchev–Trinajstić information content (AvgIpc) is 2.66. The predicted molar refractivity (Wildman–Crippen MR) is 57.9 cm³/mol. The summed E-state index contributed by atoms with van der Waals surface area (Å²) in [4.78, 5) is 0. The number of rotatable bonds is 5. The Morgan fingerprint density at radius 2 is 2.50 bits per heavy atom. The summed E-state index contributed by atoms with van der Waals surface area (Å²) >= 11 is 0. The number of nitrogens with one attached hydrogen (secondary N) is 1. The topological polar surface area (TPSA) is 47.3 Å². The second kappa shape index (κ2) is 5.35. The molecule has 1 saturated heterocycles. The quantitative estimate of drug-likeness (QED) is 0.629. The normalized spacial score (nSPS) is 28.6. The first-order valence-electron chi connectivity index (χ1n) is 5.28. The monoisotopic (exact) mass is 196 g/mol. The summed E-state index contributed by atoms with van der Waals surface area (Å²) in [5, 5.41) is 3.44. The van der Waals surface area contributed by atoms with Crippen molar-refractivity contribution in [2.45, 2.75) is 37.8 Å². The summed E-state index contributed by atoms with van der Waals surface area (Å²) in [6, 6.07) is 0.130. The SMILES string of the molecule is C#CC(CCC)NC1(CN)CCOC1. The molecule has 1 heterocycles. The molecule has 0 saturated carbocycles. The molecule has 0 aliphatic carbocycles. The second-order valence-corrected chi connectivity index (χ2v) is 3.94. The van der Waals surface area contributed by atoms with Crippen LogP contribution in [0.25, 0.3) is 0 Å². The van der Waals surface area contributed by atoms with Crippen molar-refractivity contribution < 1.29 is 4.74 Å². The van der Waals surface area contributed by atoms with E-state index in [0.29, 0.717) is 13.2 Å². The molecule has 1 rings (SSSR count). The van der Waals surface area contributed by atoms with Gasteiger partial charge in [-0.1, -0.05) is 19.3 Å². The van der Waals surface area contributed by atoms with E-state index >= 15 is 0 Å². The van der Waals surface area contributed by atoms with Crippen molar-refractivity contribution in [3.8, 4) is 12.3 Å². The van der Waals surface area contributed by atoms with E-state index in [1.54, 1.807) is 0 Å². The number of terminal acetylenes is 1. The summed E-state index contributed by atoms with van der Waals surface area (Å²) in [5.74, 6) is 2.77. The smallest absolute Gasteiger partial charge is 0.0692 e. The number of hydrogen-bond acceptors (Lipinski definition) is 3. The number of ether oxygens (including phenoxy) is 1. The fourth-order valence-corrected chi connectivity index (χ4v) is 1.80. The Morgan fingerprint density at radius 3 is 2.93 bits per heavy atom. The Hall–Kier alpha value is -0.560. The van der Waals surface area contributed by atoms with Gasteiger partial charge in [-0.2, -0.15) is 0 Å². The molecule has 14 heavy (non-hydrogen) atoms. The Balaban J connectivity index is 2.50. The van der Waals surface area contributed by atoms with Gasteiger partial charge in [0, 0.05) is 13.2 Å². The first-order valence-corrected chi connectivity index (χ1v) is 5.28. The molecule has 0 bridgehead atoms. The fourth-order valence-electron chi connectivity index (χ4n) is 1.80. The Morgan fingerprint density at radius 1 is 1.71 bits per heavy atom. The Bertz CT molecular complexity index is 204. The molecule has 1 fully saturated rings. The zero-order valence-corrected chi connectivity index (χ0v) is 8.88. The van der Waals surface area contributed by atoms with Crippen molar-refractivity contribution in [1.29, 1.82) is 0 Å². The summed E-state index contributed by atoms with van der Waals surface area (Å²) in [6.07, 6.45) is 8.51. The summed E-state index contributed by atoms with van der Waals surface area (Å²) < 4.78 is 5.36. The molecule has 3 N–H and O–H groups in total. The van der Waals surface area contributed by atoms with Crippen LogP contribution in [0.4, 0.5) is 0 Å². The molecule has 2 unspecified atom stereocenters. The van der Waals surface area contributed by atoms with Crippen LogP contribution in [0, 0.1) is 12.3 Å². The summed E-state index contributed by atoms with van der Waals surface area (Å²) in [7, 11) is 0. The molecule has 0 spiro atoms. The van der Waals surface area contributed by atoms with E-state index in [9.17, 15) is 0 Å². The molecule has 0 amide bonds. The standard InChI is InChI=1S/C11H20N2O/c1-3-5-10(4-2)13-11(8-12)6-7-14-9-11/h2,10,13H,3,5-9,12H2,1H3. The molecule has 0 aromatic heterocycles. The predicted octanol–water partition coefficient (Wildman–Crippen LogP) is 0.496. The molecule has 1 aliphatic heterocycles. The minimum Gasteiger partial charge on any atom is -0.379 e. The summed E-state index contributed by atoms with van der Waals surface area (Å²) in [6.45, 7) is 4.19. The molecule has 3 nitrogen and oxygen atoms in total. The van der Waals surface area contributed by atoms with E-state index in [1.165, 1.54) is 0 Å². The minimum absolute atomic E-state index is 0.0772. The van der Waals surface area contributed by atoms with Crippen molar-refractivity contribution >= 4 is 0 Å². The zero-order valence-electron chi connectivity index (χ0n) is 8.88. The van der Waals surface area contributed by atoms with Crippen LogP contribution >= 0.6 is 0 Å². The van der Waals surface area contributed by atoms with Crippen LogP contribution in [0.2, 0.25) is 0 Å². The van der Waals surface area contributed by atoms with E-state index in [0.717, 1.165) is 25.9 Å². The van der Waals surface area contributed by atoms with Crippen LogP contribution in [-0.2, 0) is 4.74 Å². The van der Waals surface area contributed by atoms with Gasteiger partial charge < -0.3 is 10.5 Å². The molecular weight excluding hydrogens is 176 g/mol. The zero-order chi connectivity index (χ0) is 10.4. The molecule has 80 valence electrons. The highest BCUT2D eigenvalue weighted by atomic mass is 16.5. The minimum atomic E-state index is -0.0772. The first kappa shape index (κ1) is 11.5. The maximum absolute atomic E-state index is 5.76. The van der Waals surface area contributed by atoms with Gasteiger partial charge >= 0.3 is 0 Å². The summed E-state index contributed by atoms with van der Waals surface area (Å²) in [5.41, 5.74) is 5.68. The lowest BCUT2D eigenvalue weighted by molar-refractivity contribution is 0.165. The lowest BCUT2D eigenvalue weighted by atomic mass is 9.96. The van der Waals surface area contributed by atoms with Gasteiger partial charge in [-0.15, -0.1) is 6.42 Å². The van der Waals surface area contributed by atoms with Gasteiger partial charge in [0.25, 0.3) is 0 Å². The van der Waals surface area contributed by atoms with Gasteiger partial charge in [0.1, 0.15) is 0 Å². The van der Waals surface area contributed by atoms with Gasteiger partial charge in [-0.3, -0.25) is 5.32 Å². The number of nitrogens with two attached hydrogens (primary N) is 1. The third kappa shape index (κ3) is 2.71. The van der Waals surface area contributed by atoms with Crippen LogP contribution < -0.4 is 11.1 Å². The lowest BCUT2D eigenvalue weighted by Gasteiger charge is -2.30. The average molecular weight is 196 g/mol. The maximum atomic E-state index is 5.76. The first-order chi connectivity index (χ1) is 6.76. The van der Waals surface area contributed by atoms with Crippen molar-refractivity contribution in [1.82, 2.24) is 5.32 Å². The van der Waals surface area contributed by atoms with E-state index in [-0.39, 0.29) is 11.6 Å². The van der Waals surface area contributed by atoms with Gasteiger partial charge in [0.15, 0.2) is 0 Å². The van der Waals surface area contributed by atoms with Crippen molar-refractivity contribution in [2.75, 3.05) is 19.8 Å². The van der Waals surface area contributed by atoms with E-state index in [1.807, 2.05) is 0 Å². The molecule has 0 aromatic rings. The highest BCUT2D eigenvalue weighted by Gasteiger charge is 2.34. The Labute approximate surface area is 86.4 Å². The molecule has 2 atom stereocenters. The molecule has 0 radical (unpaired) electrons. The van der Waals surface area contributed by atoms with Gasteiger partial charge in [0.05, 0.1) is 18.2 Å². The molecule has 0 aromatic carbocycles. The van der Waals surface area contributed by atoms with Crippen LogP contribution in [0.5, 0.6) is 0 Å². The van der Waals surface area contributed by atoms with Gasteiger partial charge in [-0.05, 0) is 12.8 Å². The van der Waals surface area contributed by atoms with Crippen LogP contribution in [0.15, 0.2) is 0 Å². The van der Waals surface area contributed by atoms with E-state index in [4.69, 9.17) is 16.9 Å². The fraction of sp³-hybridized carbons (Fsp3) is 0.818. The van der Waals surface area contributed by atoms with Crippen molar-refractivity contribution in [2.24, 2.45) is 5.73 Å². The van der Waals surface area contributed by atoms with E-state index in [2.05, 4.69) is 18.2 Å². The molecule has 1 aliphatic rings. The Kier molecular flexibility index (Phi) is 4.40. The van der Waals surface area contributed by atoms with Crippen molar-refractivity contribution in [3.63, 3.8) is 0 Å². The second-order valence-electron chi connectivity index (χ2n) is 3.94. The third-order valence-corrected chi connectivity index (χ3v) is 2.75. The molecular formula is C11H20N2O. The third-order valence-electron chi connectivity index (χ3n) is 2.75. The van der Waals surface area contributed by atoms with Crippen LogP contribution in [0.1, 0.15) is 26.2 Å². The molecule has 3 heteroatoms. The van der Waals surface area contributed by atoms with Crippen molar-refractivity contribution in [3.05, 3.63) is 0 Å². The lowest BCUT2D eigenvalue weighted by Crippen LogP contribution is -2.55. The highest BCUT2D eigenvalue weighted by Crippen LogP contribution is 2.18. The van der Waals surface area contributed by atoms with E-state index < -0.39 is 0 Å². The van der Waals surface area contributed by atoms with Crippen LogP contribution in [-0.4, -0.2) is 31.3 Å². The maximum Gasteiger partial charge on any atom is 0.0692 e. The van der Waals surface area contributed by atoms with Gasteiger partial charge in [-0.25, -0.2) is 0 Å². The number of hydrogen-bond donors (Lipinski definition) is 2. The highest BCUT2D eigenvalue weighted by molar-refractivity contribution is 5.05. The van der Waals surface area contributed by atoms with Gasteiger partial charge in [0.2, 0.25) is 0 Å². The largest absolute Gasteiger partial charge is 0.379 e. The van der Waals surface area contributed by atoms with Crippen LogP contribution in [0.3, 0.4) is 0 Å².